The van der Waals surface area contributed by atoms with Crippen molar-refractivity contribution in [2.24, 2.45) is 0 Å². The van der Waals surface area contributed by atoms with Crippen molar-refractivity contribution in [3.05, 3.63) is 78.0 Å². The Morgan fingerprint density at radius 2 is 1.70 bits per heavy atom. The molecule has 1 unspecified atom stereocenters. The number of benzene rings is 2. The third kappa shape index (κ3) is 2.50. The van der Waals surface area contributed by atoms with Gasteiger partial charge >= 0.3 is 0 Å². The van der Waals surface area contributed by atoms with Crippen LogP contribution in [0.25, 0.3) is 0 Å². The summed E-state index contributed by atoms with van der Waals surface area (Å²) in [6.07, 6.45) is 4.09. The summed E-state index contributed by atoms with van der Waals surface area (Å²) in [6.45, 7) is 2.08. The maximum Gasteiger partial charge on any atom is 0.159 e. The number of carbonyl (C=O) groups is 1. The second-order valence-electron chi connectivity index (χ2n) is 5.16. The van der Waals surface area contributed by atoms with E-state index in [2.05, 4.69) is 48.2 Å². The minimum absolute atomic E-state index is 0.0800. The van der Waals surface area contributed by atoms with Crippen LogP contribution in [0.3, 0.4) is 0 Å². The predicted molar refractivity (Wildman–Crippen MR) is 81.6 cm³/mol. The van der Waals surface area contributed by atoms with Gasteiger partial charge in [0.15, 0.2) is 5.78 Å². The number of carbonyl (C=O) groups excluding carboxylic acids is 1. The average molecular weight is 263 g/mol. The SMILES string of the molecule is Cc1ccc(N2C=CC(=O)CC2c2ccccc2)cc1. The van der Waals surface area contributed by atoms with Crippen molar-refractivity contribution in [3.63, 3.8) is 0 Å². The predicted octanol–water partition coefficient (Wildman–Crippen LogP) is 4.03. The van der Waals surface area contributed by atoms with Crippen molar-refractivity contribution in [3.8, 4) is 0 Å². The lowest BCUT2D eigenvalue weighted by Gasteiger charge is -2.33. The van der Waals surface area contributed by atoms with Crippen molar-refractivity contribution in [2.45, 2.75) is 19.4 Å². The molecule has 0 spiro atoms. The van der Waals surface area contributed by atoms with Crippen LogP contribution in [0, 0.1) is 6.92 Å². The number of rotatable bonds is 2. The Balaban J connectivity index is 2.00. The molecular formula is C18H17NO. The summed E-state index contributed by atoms with van der Waals surface area (Å²) < 4.78 is 0. The van der Waals surface area contributed by atoms with E-state index in [9.17, 15) is 4.79 Å². The zero-order valence-electron chi connectivity index (χ0n) is 11.5. The van der Waals surface area contributed by atoms with Crippen molar-refractivity contribution in [1.82, 2.24) is 0 Å². The minimum atomic E-state index is 0.0800. The van der Waals surface area contributed by atoms with Gasteiger partial charge in [-0.2, -0.15) is 0 Å². The number of anilines is 1. The molecule has 2 heteroatoms. The Morgan fingerprint density at radius 3 is 2.40 bits per heavy atom. The number of ketones is 1. The van der Waals surface area contributed by atoms with Crippen LogP contribution in [-0.2, 0) is 4.79 Å². The molecule has 100 valence electrons. The molecule has 0 aliphatic carbocycles. The molecule has 1 aliphatic heterocycles. The fourth-order valence-corrected chi connectivity index (χ4v) is 2.56. The molecule has 0 fully saturated rings. The van der Waals surface area contributed by atoms with Crippen LogP contribution < -0.4 is 4.90 Å². The lowest BCUT2D eigenvalue weighted by atomic mass is 9.96. The monoisotopic (exact) mass is 263 g/mol. The van der Waals surface area contributed by atoms with Crippen molar-refractivity contribution in [1.29, 1.82) is 0 Å². The molecule has 1 atom stereocenters. The Hall–Kier alpha value is -2.35. The average Bonchev–Trinajstić information content (AvgIpc) is 2.49. The third-order valence-electron chi connectivity index (χ3n) is 3.67. The molecule has 0 saturated heterocycles. The van der Waals surface area contributed by atoms with Gasteiger partial charge in [-0.15, -0.1) is 0 Å². The lowest BCUT2D eigenvalue weighted by Crippen LogP contribution is -2.28. The number of allylic oxidation sites excluding steroid dienone is 1. The first-order valence-corrected chi connectivity index (χ1v) is 6.85. The van der Waals surface area contributed by atoms with Crippen molar-refractivity contribution < 1.29 is 4.79 Å². The van der Waals surface area contributed by atoms with E-state index in [0.29, 0.717) is 6.42 Å². The van der Waals surface area contributed by atoms with Gasteiger partial charge in [0, 0.05) is 18.3 Å². The van der Waals surface area contributed by atoms with Crippen LogP contribution in [0.4, 0.5) is 5.69 Å². The van der Waals surface area contributed by atoms with E-state index in [1.165, 1.54) is 11.1 Å². The zero-order chi connectivity index (χ0) is 13.9. The third-order valence-corrected chi connectivity index (χ3v) is 3.67. The molecule has 0 bridgehead atoms. The molecule has 1 aliphatic rings. The van der Waals surface area contributed by atoms with E-state index in [0.717, 1.165) is 5.69 Å². The summed E-state index contributed by atoms with van der Waals surface area (Å²) in [6, 6.07) is 18.7. The summed E-state index contributed by atoms with van der Waals surface area (Å²) in [5, 5.41) is 0. The molecule has 1 heterocycles. The fourth-order valence-electron chi connectivity index (χ4n) is 2.56. The first kappa shape index (κ1) is 12.7. The van der Waals surface area contributed by atoms with E-state index in [1.54, 1.807) is 6.08 Å². The summed E-state index contributed by atoms with van der Waals surface area (Å²) in [5.74, 6) is 0.183. The molecule has 20 heavy (non-hydrogen) atoms. The Kier molecular flexibility index (Phi) is 3.38. The van der Waals surface area contributed by atoms with Gasteiger partial charge in [0.05, 0.1) is 6.04 Å². The molecular weight excluding hydrogens is 246 g/mol. The summed E-state index contributed by atoms with van der Waals surface area (Å²) in [4.78, 5) is 13.9. The van der Waals surface area contributed by atoms with Crippen molar-refractivity contribution in [2.75, 3.05) is 4.90 Å². The van der Waals surface area contributed by atoms with Crippen molar-refractivity contribution >= 4 is 11.5 Å². The van der Waals surface area contributed by atoms with Gasteiger partial charge in [0.1, 0.15) is 0 Å². The first-order chi connectivity index (χ1) is 9.74. The van der Waals surface area contributed by atoms with Gasteiger partial charge in [-0.3, -0.25) is 4.79 Å². The van der Waals surface area contributed by atoms with Crippen LogP contribution in [0.15, 0.2) is 66.9 Å². The number of aryl methyl sites for hydroxylation is 1. The number of hydrogen-bond donors (Lipinski definition) is 0. The molecule has 0 amide bonds. The second-order valence-corrected chi connectivity index (χ2v) is 5.16. The second kappa shape index (κ2) is 5.33. The highest BCUT2D eigenvalue weighted by Crippen LogP contribution is 2.33. The zero-order valence-corrected chi connectivity index (χ0v) is 11.5. The molecule has 0 radical (unpaired) electrons. The normalized spacial score (nSPS) is 18.4. The van der Waals surface area contributed by atoms with E-state index >= 15 is 0 Å². The van der Waals surface area contributed by atoms with Crippen LogP contribution in [0.2, 0.25) is 0 Å². The Bertz CT molecular complexity index is 628. The lowest BCUT2D eigenvalue weighted by molar-refractivity contribution is -0.115. The maximum absolute atomic E-state index is 11.8. The van der Waals surface area contributed by atoms with Gasteiger partial charge in [-0.05, 0) is 30.7 Å². The van der Waals surface area contributed by atoms with Gasteiger partial charge in [-0.25, -0.2) is 0 Å². The minimum Gasteiger partial charge on any atom is -0.340 e. The Labute approximate surface area is 119 Å². The van der Waals surface area contributed by atoms with Gasteiger partial charge < -0.3 is 4.90 Å². The van der Waals surface area contributed by atoms with E-state index < -0.39 is 0 Å². The maximum atomic E-state index is 11.8. The first-order valence-electron chi connectivity index (χ1n) is 6.85. The van der Waals surface area contributed by atoms with Gasteiger partial charge in [0.2, 0.25) is 0 Å². The van der Waals surface area contributed by atoms with Crippen LogP contribution in [-0.4, -0.2) is 5.78 Å². The van der Waals surface area contributed by atoms with Crippen LogP contribution in [0.5, 0.6) is 0 Å². The van der Waals surface area contributed by atoms with Crippen LogP contribution >= 0.6 is 0 Å². The molecule has 0 saturated carbocycles. The Morgan fingerprint density at radius 1 is 1.00 bits per heavy atom. The molecule has 3 rings (SSSR count). The van der Waals surface area contributed by atoms with Gasteiger partial charge in [0.25, 0.3) is 0 Å². The number of nitrogens with zero attached hydrogens (tertiary/aromatic N) is 1. The van der Waals surface area contributed by atoms with Crippen LogP contribution in [0.1, 0.15) is 23.6 Å². The standard InChI is InChI=1S/C18H17NO/c1-14-7-9-16(10-8-14)19-12-11-17(20)13-18(19)15-5-3-2-4-6-15/h2-12,18H,13H2,1H3. The molecule has 0 N–H and O–H groups in total. The quantitative estimate of drug-likeness (QED) is 0.815. The molecule has 2 aromatic rings. The molecule has 2 nitrogen and oxygen atoms in total. The fraction of sp³-hybridized carbons (Fsp3) is 0.167. The van der Waals surface area contributed by atoms with E-state index in [1.807, 2.05) is 24.4 Å². The summed E-state index contributed by atoms with van der Waals surface area (Å²) in [7, 11) is 0. The highest BCUT2D eigenvalue weighted by atomic mass is 16.1. The highest BCUT2D eigenvalue weighted by Gasteiger charge is 2.24. The molecule has 0 aromatic heterocycles. The number of hydrogen-bond acceptors (Lipinski definition) is 2. The van der Waals surface area contributed by atoms with Gasteiger partial charge in [-0.1, -0.05) is 48.0 Å². The largest absolute Gasteiger partial charge is 0.340 e. The smallest absolute Gasteiger partial charge is 0.159 e. The molecule has 2 aromatic carbocycles. The summed E-state index contributed by atoms with van der Waals surface area (Å²) >= 11 is 0. The van der Waals surface area contributed by atoms with E-state index in [4.69, 9.17) is 0 Å². The summed E-state index contributed by atoms with van der Waals surface area (Å²) in [5.41, 5.74) is 3.53. The highest BCUT2D eigenvalue weighted by molar-refractivity contribution is 5.92. The topological polar surface area (TPSA) is 20.3 Å². The van der Waals surface area contributed by atoms with E-state index in [-0.39, 0.29) is 11.8 Å².